The number of ether oxygens (including phenoxy) is 1. The molecule has 0 unspecified atom stereocenters. The van der Waals surface area contributed by atoms with Gasteiger partial charge in [0.1, 0.15) is 11.5 Å². The number of aryl methyl sites for hydroxylation is 2. The van der Waals surface area contributed by atoms with Crippen molar-refractivity contribution in [3.8, 4) is 11.3 Å². The maximum Gasteiger partial charge on any atom is 0.339 e. The van der Waals surface area contributed by atoms with Crippen molar-refractivity contribution < 1.29 is 18.7 Å². The summed E-state index contributed by atoms with van der Waals surface area (Å²) in [6.45, 7) is 12.1. The molecule has 8 nitrogen and oxygen atoms in total. The molecule has 166 valence electrons. The molecule has 1 N–H and O–H groups in total. The summed E-state index contributed by atoms with van der Waals surface area (Å²) in [5.41, 5.74) is 2.30. The molecular weight excluding hydrogens is 396 g/mol. The minimum atomic E-state index is -0.589. The van der Waals surface area contributed by atoms with Gasteiger partial charge in [-0.05, 0) is 52.2 Å². The molecule has 0 aliphatic heterocycles. The number of hydrogen-bond donors (Lipinski definition) is 1. The number of fused-ring (bicyclic) bond motifs is 1. The van der Waals surface area contributed by atoms with Crippen molar-refractivity contribution in [2.75, 3.05) is 13.2 Å². The highest BCUT2D eigenvalue weighted by molar-refractivity contribution is 6.04. The number of carbonyl (C=O) groups is 2. The van der Waals surface area contributed by atoms with Crippen LogP contribution in [-0.4, -0.2) is 39.8 Å². The van der Waals surface area contributed by atoms with Gasteiger partial charge in [-0.2, -0.15) is 5.10 Å². The van der Waals surface area contributed by atoms with Gasteiger partial charge in [-0.25, -0.2) is 14.5 Å². The van der Waals surface area contributed by atoms with E-state index in [4.69, 9.17) is 14.1 Å². The first kappa shape index (κ1) is 22.5. The highest BCUT2D eigenvalue weighted by Gasteiger charge is 2.21. The van der Waals surface area contributed by atoms with E-state index in [-0.39, 0.29) is 18.6 Å². The van der Waals surface area contributed by atoms with E-state index < -0.39 is 5.97 Å². The summed E-state index contributed by atoms with van der Waals surface area (Å²) >= 11 is 0. The Morgan fingerprint density at radius 3 is 2.55 bits per heavy atom. The Hall–Kier alpha value is -3.16. The lowest BCUT2D eigenvalue weighted by atomic mass is 10.1. The van der Waals surface area contributed by atoms with Gasteiger partial charge in [-0.1, -0.05) is 13.8 Å². The van der Waals surface area contributed by atoms with Gasteiger partial charge in [0.15, 0.2) is 12.3 Å². The quantitative estimate of drug-likeness (QED) is 0.542. The van der Waals surface area contributed by atoms with Gasteiger partial charge in [-0.3, -0.25) is 4.79 Å². The highest BCUT2D eigenvalue weighted by Crippen LogP contribution is 2.30. The average molecular weight is 427 g/mol. The smallest absolute Gasteiger partial charge is 0.339 e. The van der Waals surface area contributed by atoms with Crippen molar-refractivity contribution in [1.29, 1.82) is 0 Å². The second-order valence-corrected chi connectivity index (χ2v) is 8.41. The standard InChI is InChI=1S/C23H30N4O4/c1-13(2)7-8-24-21(28)12-30-23(29)18-10-20(17-9-15(5)31-16(17)6)26-22-19(18)11-25-27(22)14(3)4/h9-11,13-14H,7-8,12H2,1-6H3,(H,24,28). The Morgan fingerprint density at radius 2 is 1.94 bits per heavy atom. The maximum absolute atomic E-state index is 12.9. The number of amides is 1. The SMILES string of the molecule is Cc1cc(-c2cc(C(=O)OCC(=O)NCCC(C)C)c3cnn(C(C)C)c3n2)c(C)o1. The zero-order valence-electron chi connectivity index (χ0n) is 19.0. The van der Waals surface area contributed by atoms with E-state index in [0.29, 0.717) is 40.5 Å². The summed E-state index contributed by atoms with van der Waals surface area (Å²) in [7, 11) is 0. The van der Waals surface area contributed by atoms with Crippen molar-refractivity contribution >= 4 is 22.9 Å². The van der Waals surface area contributed by atoms with Crippen LogP contribution in [0.4, 0.5) is 0 Å². The fourth-order valence-corrected chi connectivity index (χ4v) is 3.35. The van der Waals surface area contributed by atoms with Gasteiger partial charge in [0.25, 0.3) is 5.91 Å². The van der Waals surface area contributed by atoms with Crippen LogP contribution < -0.4 is 5.32 Å². The topological polar surface area (TPSA) is 99.2 Å². The number of rotatable bonds is 8. The van der Waals surface area contributed by atoms with Crippen molar-refractivity contribution in [2.24, 2.45) is 5.92 Å². The molecule has 0 atom stereocenters. The first-order chi connectivity index (χ1) is 14.7. The van der Waals surface area contributed by atoms with Gasteiger partial charge in [0.2, 0.25) is 0 Å². The summed E-state index contributed by atoms with van der Waals surface area (Å²) in [5.74, 6) is 1.05. The maximum atomic E-state index is 12.9. The Bertz CT molecular complexity index is 1090. The first-order valence-electron chi connectivity index (χ1n) is 10.6. The van der Waals surface area contributed by atoms with Crippen LogP contribution in [0.3, 0.4) is 0 Å². The molecule has 3 aromatic heterocycles. The van der Waals surface area contributed by atoms with Gasteiger partial charge in [0.05, 0.1) is 22.8 Å². The summed E-state index contributed by atoms with van der Waals surface area (Å²) < 4.78 is 12.7. The molecule has 0 bridgehead atoms. The zero-order valence-corrected chi connectivity index (χ0v) is 19.0. The second-order valence-electron chi connectivity index (χ2n) is 8.41. The van der Waals surface area contributed by atoms with Gasteiger partial charge < -0.3 is 14.5 Å². The van der Waals surface area contributed by atoms with Crippen LogP contribution in [0, 0.1) is 19.8 Å². The van der Waals surface area contributed by atoms with E-state index in [2.05, 4.69) is 24.3 Å². The van der Waals surface area contributed by atoms with Crippen LogP contribution in [0.2, 0.25) is 0 Å². The molecule has 0 aliphatic carbocycles. The molecule has 8 heteroatoms. The van der Waals surface area contributed by atoms with Crippen LogP contribution in [0.25, 0.3) is 22.3 Å². The summed E-state index contributed by atoms with van der Waals surface area (Å²) in [4.78, 5) is 29.7. The van der Waals surface area contributed by atoms with Crippen LogP contribution in [0.15, 0.2) is 22.7 Å². The minimum Gasteiger partial charge on any atom is -0.466 e. The third-order valence-electron chi connectivity index (χ3n) is 4.97. The molecule has 0 saturated carbocycles. The lowest BCUT2D eigenvalue weighted by Gasteiger charge is -2.11. The van der Waals surface area contributed by atoms with E-state index in [1.807, 2.05) is 33.8 Å². The first-order valence-corrected chi connectivity index (χ1v) is 10.6. The second kappa shape index (κ2) is 9.32. The van der Waals surface area contributed by atoms with E-state index in [1.165, 1.54) is 0 Å². The Morgan fingerprint density at radius 1 is 1.19 bits per heavy atom. The predicted molar refractivity (Wildman–Crippen MR) is 118 cm³/mol. The minimum absolute atomic E-state index is 0.0584. The van der Waals surface area contributed by atoms with Crippen molar-refractivity contribution in [3.63, 3.8) is 0 Å². The Labute approximate surface area is 182 Å². The molecule has 0 spiro atoms. The van der Waals surface area contributed by atoms with Gasteiger partial charge in [0, 0.05) is 18.2 Å². The average Bonchev–Trinajstić information content (AvgIpc) is 3.27. The number of carbonyl (C=O) groups excluding carboxylic acids is 2. The number of hydrogen-bond acceptors (Lipinski definition) is 6. The monoisotopic (exact) mass is 426 g/mol. The number of esters is 1. The van der Waals surface area contributed by atoms with Crippen LogP contribution in [-0.2, 0) is 9.53 Å². The number of aromatic nitrogens is 3. The molecule has 0 aliphatic rings. The highest BCUT2D eigenvalue weighted by atomic mass is 16.5. The summed E-state index contributed by atoms with van der Waals surface area (Å²) in [6.07, 6.45) is 2.48. The largest absolute Gasteiger partial charge is 0.466 e. The molecule has 3 rings (SSSR count). The van der Waals surface area contributed by atoms with Crippen LogP contribution in [0.5, 0.6) is 0 Å². The number of nitrogens with one attached hydrogen (secondary N) is 1. The normalized spacial score (nSPS) is 11.5. The van der Waals surface area contributed by atoms with Crippen molar-refractivity contribution in [3.05, 3.63) is 35.4 Å². The van der Waals surface area contributed by atoms with E-state index in [1.54, 1.807) is 16.9 Å². The van der Waals surface area contributed by atoms with Crippen molar-refractivity contribution in [2.45, 2.75) is 54.0 Å². The molecule has 1 amide bonds. The Balaban J connectivity index is 1.90. The van der Waals surface area contributed by atoms with Crippen molar-refractivity contribution in [1.82, 2.24) is 20.1 Å². The van der Waals surface area contributed by atoms with E-state index in [0.717, 1.165) is 17.7 Å². The Kier molecular flexibility index (Phi) is 6.77. The molecule has 3 aromatic rings. The fraction of sp³-hybridized carbons (Fsp3) is 0.478. The lowest BCUT2D eigenvalue weighted by Crippen LogP contribution is -2.30. The molecule has 0 radical (unpaired) electrons. The molecule has 0 saturated heterocycles. The van der Waals surface area contributed by atoms with E-state index in [9.17, 15) is 9.59 Å². The molecule has 0 fully saturated rings. The molecule has 3 heterocycles. The van der Waals surface area contributed by atoms with Gasteiger partial charge >= 0.3 is 5.97 Å². The van der Waals surface area contributed by atoms with Gasteiger partial charge in [-0.15, -0.1) is 0 Å². The van der Waals surface area contributed by atoms with E-state index >= 15 is 0 Å². The fourth-order valence-electron chi connectivity index (χ4n) is 3.35. The molecule has 31 heavy (non-hydrogen) atoms. The summed E-state index contributed by atoms with van der Waals surface area (Å²) in [5, 5.41) is 7.75. The molecule has 0 aromatic carbocycles. The van der Waals surface area contributed by atoms with Crippen LogP contribution in [0.1, 0.15) is 62.0 Å². The lowest BCUT2D eigenvalue weighted by molar-refractivity contribution is -0.124. The predicted octanol–water partition coefficient (Wildman–Crippen LogP) is 4.21. The number of pyridine rings is 1. The number of furan rings is 1. The zero-order chi connectivity index (χ0) is 22.7. The third kappa shape index (κ3) is 5.13. The summed E-state index contributed by atoms with van der Waals surface area (Å²) in [6, 6.07) is 3.62. The van der Waals surface area contributed by atoms with Crippen LogP contribution >= 0.6 is 0 Å². The third-order valence-corrected chi connectivity index (χ3v) is 4.97. The molecular formula is C23H30N4O4. The number of nitrogens with zero attached hydrogens (tertiary/aromatic N) is 3.